The van der Waals surface area contributed by atoms with Crippen LogP contribution in [0.1, 0.15) is 5.56 Å². The molecular formula is C9H11FIN3S. The van der Waals surface area contributed by atoms with Crippen LogP contribution in [0, 0.1) is 5.82 Å². The molecule has 0 aliphatic rings. The van der Waals surface area contributed by atoms with Gasteiger partial charge in [-0.1, -0.05) is 23.9 Å². The van der Waals surface area contributed by atoms with Crippen molar-refractivity contribution in [3.63, 3.8) is 0 Å². The molecule has 1 aromatic rings. The molecule has 2 N–H and O–H groups in total. The lowest BCUT2D eigenvalue weighted by molar-refractivity contribution is 0.628. The summed E-state index contributed by atoms with van der Waals surface area (Å²) in [6.45, 7) is 0. The van der Waals surface area contributed by atoms with Gasteiger partial charge in [0.1, 0.15) is 5.82 Å². The predicted molar refractivity (Wildman–Crippen MR) is 74.5 cm³/mol. The molecule has 0 radical (unpaired) electrons. The minimum atomic E-state index is -0.269. The average molecular weight is 339 g/mol. The van der Waals surface area contributed by atoms with Crippen LogP contribution in [-0.2, 0) is 0 Å². The van der Waals surface area contributed by atoms with Gasteiger partial charge in [-0.05, 0) is 24.0 Å². The van der Waals surface area contributed by atoms with Crippen molar-refractivity contribution in [3.05, 3.63) is 35.6 Å². The Hall–Kier alpha value is -0.630. The zero-order valence-corrected chi connectivity index (χ0v) is 11.2. The van der Waals surface area contributed by atoms with Gasteiger partial charge in [0.05, 0.1) is 6.21 Å². The van der Waals surface area contributed by atoms with Gasteiger partial charge in [-0.25, -0.2) is 4.39 Å². The molecule has 15 heavy (non-hydrogen) atoms. The lowest BCUT2D eigenvalue weighted by atomic mass is 10.2. The molecule has 0 saturated carbocycles. The number of halogens is 2. The highest BCUT2D eigenvalue weighted by Gasteiger charge is 1.89. The number of amidine groups is 1. The third kappa shape index (κ3) is 5.73. The molecule has 82 valence electrons. The van der Waals surface area contributed by atoms with Crippen molar-refractivity contribution < 1.29 is 4.39 Å². The number of hydrogen-bond acceptors (Lipinski definition) is 3. The smallest absolute Gasteiger partial charge is 0.180 e. The fraction of sp³-hybridized carbons (Fsp3) is 0.111. The standard InChI is InChI=1S/C9H10FN3S.HI/c1-14-9(11)13-12-6-7-2-4-8(10)5-3-7;/h2-6H,1H3,(H2,11,13);1H/b12-6+;. The first-order valence-electron chi connectivity index (χ1n) is 3.88. The van der Waals surface area contributed by atoms with Crippen LogP contribution in [0.25, 0.3) is 0 Å². The largest absolute Gasteiger partial charge is 0.377 e. The van der Waals surface area contributed by atoms with Crippen LogP contribution in [0.5, 0.6) is 0 Å². The molecule has 0 aromatic heterocycles. The van der Waals surface area contributed by atoms with Crippen LogP contribution in [-0.4, -0.2) is 17.6 Å². The van der Waals surface area contributed by atoms with Crippen LogP contribution in [0.4, 0.5) is 4.39 Å². The van der Waals surface area contributed by atoms with E-state index in [2.05, 4.69) is 10.2 Å². The van der Waals surface area contributed by atoms with Crippen LogP contribution in [0.2, 0.25) is 0 Å². The molecular weight excluding hydrogens is 328 g/mol. The summed E-state index contributed by atoms with van der Waals surface area (Å²) in [6.07, 6.45) is 3.33. The van der Waals surface area contributed by atoms with Crippen molar-refractivity contribution in [1.82, 2.24) is 0 Å². The van der Waals surface area contributed by atoms with Crippen LogP contribution >= 0.6 is 35.7 Å². The summed E-state index contributed by atoms with van der Waals surface area (Å²) < 4.78 is 12.5. The van der Waals surface area contributed by atoms with E-state index in [4.69, 9.17) is 5.73 Å². The normalized spacial score (nSPS) is 11.5. The second-order valence-electron chi connectivity index (χ2n) is 2.44. The van der Waals surface area contributed by atoms with E-state index in [1.807, 2.05) is 6.26 Å². The first kappa shape index (κ1) is 14.4. The molecule has 0 amide bonds. The van der Waals surface area contributed by atoms with E-state index in [0.29, 0.717) is 5.17 Å². The van der Waals surface area contributed by atoms with Gasteiger partial charge in [-0.2, -0.15) is 5.10 Å². The average Bonchev–Trinajstić information content (AvgIpc) is 2.21. The van der Waals surface area contributed by atoms with E-state index in [0.717, 1.165) is 5.56 Å². The Kier molecular flexibility index (Phi) is 7.31. The Balaban J connectivity index is 0.00000196. The van der Waals surface area contributed by atoms with Gasteiger partial charge in [-0.3, -0.25) is 0 Å². The Morgan fingerprint density at radius 1 is 1.40 bits per heavy atom. The second-order valence-corrected chi connectivity index (χ2v) is 3.27. The Bertz CT molecular complexity index is 351. The monoisotopic (exact) mass is 339 g/mol. The highest BCUT2D eigenvalue weighted by atomic mass is 127. The Morgan fingerprint density at radius 3 is 2.53 bits per heavy atom. The summed E-state index contributed by atoms with van der Waals surface area (Å²) >= 11 is 1.32. The quantitative estimate of drug-likeness (QED) is 0.389. The molecule has 0 spiro atoms. The van der Waals surface area contributed by atoms with Crippen LogP contribution < -0.4 is 5.73 Å². The van der Waals surface area contributed by atoms with Gasteiger partial charge >= 0.3 is 0 Å². The highest BCUT2D eigenvalue weighted by Crippen LogP contribution is 2.00. The topological polar surface area (TPSA) is 50.7 Å². The third-order valence-corrected chi connectivity index (χ3v) is 1.94. The maximum atomic E-state index is 12.5. The molecule has 1 aromatic carbocycles. The predicted octanol–water partition coefficient (Wildman–Crippen LogP) is 2.46. The fourth-order valence-corrected chi connectivity index (χ4v) is 0.871. The number of nitrogens with zero attached hydrogens (tertiary/aromatic N) is 2. The molecule has 3 nitrogen and oxygen atoms in total. The molecule has 0 heterocycles. The molecule has 0 fully saturated rings. The summed E-state index contributed by atoms with van der Waals surface area (Å²) in [7, 11) is 0. The van der Waals surface area contributed by atoms with E-state index in [9.17, 15) is 4.39 Å². The molecule has 6 heteroatoms. The molecule has 0 bridgehead atoms. The minimum absolute atomic E-state index is 0. The van der Waals surface area contributed by atoms with Gasteiger partial charge in [-0.15, -0.1) is 29.1 Å². The maximum absolute atomic E-state index is 12.5. The Morgan fingerprint density at radius 2 is 2.00 bits per heavy atom. The van der Waals surface area contributed by atoms with E-state index in [-0.39, 0.29) is 29.8 Å². The maximum Gasteiger partial charge on any atom is 0.180 e. The van der Waals surface area contributed by atoms with E-state index in [1.165, 1.54) is 30.1 Å². The van der Waals surface area contributed by atoms with E-state index < -0.39 is 0 Å². The molecule has 0 atom stereocenters. The highest BCUT2D eigenvalue weighted by molar-refractivity contribution is 14.0. The second kappa shape index (κ2) is 7.63. The zero-order valence-electron chi connectivity index (χ0n) is 8.05. The number of thioether (sulfide) groups is 1. The lowest BCUT2D eigenvalue weighted by Crippen LogP contribution is -2.03. The number of rotatable bonds is 2. The van der Waals surface area contributed by atoms with E-state index in [1.54, 1.807) is 12.1 Å². The Labute approximate surface area is 109 Å². The molecule has 0 aliphatic heterocycles. The third-order valence-electron chi connectivity index (χ3n) is 1.44. The summed E-state index contributed by atoms with van der Waals surface area (Å²) in [5, 5.41) is 7.82. The fourth-order valence-electron chi connectivity index (χ4n) is 0.742. The van der Waals surface area contributed by atoms with Gasteiger partial charge in [0, 0.05) is 0 Å². The van der Waals surface area contributed by atoms with Gasteiger partial charge in [0.25, 0.3) is 0 Å². The minimum Gasteiger partial charge on any atom is -0.377 e. The van der Waals surface area contributed by atoms with Gasteiger partial charge in [0.2, 0.25) is 0 Å². The number of nitrogens with two attached hydrogens (primary N) is 1. The van der Waals surface area contributed by atoms with Gasteiger partial charge in [0.15, 0.2) is 5.17 Å². The summed E-state index contributed by atoms with van der Waals surface area (Å²) in [6, 6.07) is 5.96. The van der Waals surface area contributed by atoms with Crippen LogP contribution in [0.3, 0.4) is 0 Å². The summed E-state index contributed by atoms with van der Waals surface area (Å²) in [5.74, 6) is -0.269. The number of benzene rings is 1. The molecule has 1 rings (SSSR count). The van der Waals surface area contributed by atoms with Crippen molar-refractivity contribution in [2.75, 3.05) is 6.26 Å². The lowest BCUT2D eigenvalue weighted by Gasteiger charge is -1.91. The van der Waals surface area contributed by atoms with Crippen molar-refractivity contribution >= 4 is 47.1 Å². The molecule has 0 saturated heterocycles. The van der Waals surface area contributed by atoms with Crippen molar-refractivity contribution in [2.24, 2.45) is 15.9 Å². The number of hydrogen-bond donors (Lipinski definition) is 1. The molecule has 0 unspecified atom stereocenters. The van der Waals surface area contributed by atoms with Crippen molar-refractivity contribution in [2.45, 2.75) is 0 Å². The summed E-state index contributed by atoms with van der Waals surface area (Å²) in [4.78, 5) is 0. The van der Waals surface area contributed by atoms with Gasteiger partial charge < -0.3 is 5.73 Å². The molecule has 0 aliphatic carbocycles. The summed E-state index contributed by atoms with van der Waals surface area (Å²) in [5.41, 5.74) is 6.18. The van der Waals surface area contributed by atoms with Crippen molar-refractivity contribution in [1.29, 1.82) is 0 Å². The van der Waals surface area contributed by atoms with E-state index >= 15 is 0 Å². The SMILES string of the molecule is CS/C(N)=N\N=C\c1ccc(F)cc1.I. The van der Waals surface area contributed by atoms with Crippen molar-refractivity contribution in [3.8, 4) is 0 Å². The first-order valence-corrected chi connectivity index (χ1v) is 5.11. The van der Waals surface area contributed by atoms with Crippen LogP contribution in [0.15, 0.2) is 34.5 Å². The first-order chi connectivity index (χ1) is 6.72. The zero-order chi connectivity index (χ0) is 10.4.